The Balaban J connectivity index is 1.20. The van der Waals surface area contributed by atoms with Crippen molar-refractivity contribution in [1.82, 2.24) is 14.5 Å². The third-order valence-corrected chi connectivity index (χ3v) is 7.56. The molecule has 2 atom stereocenters. The lowest BCUT2D eigenvalue weighted by Crippen LogP contribution is -2.59. The highest BCUT2D eigenvalue weighted by molar-refractivity contribution is 5.85. The SMILES string of the molecule is CC1C(Nc2ccc(-c3ccc4c(ccn4Cc4ccccc4)c3)cn2)C2CCN1CC2. The highest BCUT2D eigenvalue weighted by atomic mass is 15.2. The minimum Gasteiger partial charge on any atom is -0.365 e. The second-order valence-corrected chi connectivity index (χ2v) is 9.42. The molecular formula is C28H30N4. The molecule has 162 valence electrons. The number of fused-ring (bicyclic) bond motifs is 4. The number of benzene rings is 2. The summed E-state index contributed by atoms with van der Waals surface area (Å²) in [5.41, 5.74) is 4.96. The van der Waals surface area contributed by atoms with Crippen LogP contribution in [0.25, 0.3) is 22.0 Å². The summed E-state index contributed by atoms with van der Waals surface area (Å²) in [6.45, 7) is 5.76. The maximum Gasteiger partial charge on any atom is 0.126 e. The van der Waals surface area contributed by atoms with Crippen molar-refractivity contribution in [2.24, 2.45) is 5.92 Å². The van der Waals surface area contributed by atoms with E-state index in [-0.39, 0.29) is 0 Å². The Morgan fingerprint density at radius 1 is 0.938 bits per heavy atom. The number of nitrogens with one attached hydrogen (secondary N) is 1. The van der Waals surface area contributed by atoms with E-state index in [1.807, 2.05) is 6.20 Å². The lowest BCUT2D eigenvalue weighted by atomic mass is 9.79. The van der Waals surface area contributed by atoms with Crippen LogP contribution >= 0.6 is 0 Å². The van der Waals surface area contributed by atoms with Gasteiger partial charge >= 0.3 is 0 Å². The van der Waals surface area contributed by atoms with Crippen molar-refractivity contribution >= 4 is 16.7 Å². The normalized spacial score (nSPS) is 24.7. The summed E-state index contributed by atoms with van der Waals surface area (Å²) in [5.74, 6) is 1.77. The first-order valence-electron chi connectivity index (χ1n) is 11.8. The lowest BCUT2D eigenvalue weighted by Gasteiger charge is -2.50. The van der Waals surface area contributed by atoms with E-state index in [0.717, 1.165) is 23.8 Å². The molecule has 3 saturated heterocycles. The fourth-order valence-electron chi connectivity index (χ4n) is 5.66. The van der Waals surface area contributed by atoms with Crippen LogP contribution in [0, 0.1) is 5.92 Å². The highest BCUT2D eigenvalue weighted by Gasteiger charge is 2.39. The summed E-state index contributed by atoms with van der Waals surface area (Å²) < 4.78 is 2.31. The molecular weight excluding hydrogens is 392 g/mol. The highest BCUT2D eigenvalue weighted by Crippen LogP contribution is 2.34. The van der Waals surface area contributed by atoms with Crippen LogP contribution in [0.1, 0.15) is 25.3 Å². The summed E-state index contributed by atoms with van der Waals surface area (Å²) in [6, 6.07) is 25.0. The van der Waals surface area contributed by atoms with Crippen LogP contribution in [0.2, 0.25) is 0 Å². The molecule has 2 aromatic heterocycles. The van der Waals surface area contributed by atoms with Crippen LogP contribution in [0.4, 0.5) is 5.82 Å². The van der Waals surface area contributed by atoms with Gasteiger partial charge in [-0.2, -0.15) is 0 Å². The molecule has 2 bridgehead atoms. The number of anilines is 1. The average Bonchev–Trinajstić information content (AvgIpc) is 3.24. The topological polar surface area (TPSA) is 33.1 Å². The summed E-state index contributed by atoms with van der Waals surface area (Å²) in [5, 5.41) is 5.01. The molecule has 0 radical (unpaired) electrons. The van der Waals surface area contributed by atoms with E-state index in [1.54, 1.807) is 0 Å². The van der Waals surface area contributed by atoms with Gasteiger partial charge < -0.3 is 9.88 Å². The first kappa shape index (κ1) is 19.6. The van der Waals surface area contributed by atoms with Gasteiger partial charge in [-0.25, -0.2) is 4.98 Å². The Morgan fingerprint density at radius 3 is 2.50 bits per heavy atom. The predicted molar refractivity (Wildman–Crippen MR) is 132 cm³/mol. The zero-order valence-electron chi connectivity index (χ0n) is 18.6. The lowest BCUT2D eigenvalue weighted by molar-refractivity contribution is 0.0457. The number of nitrogens with zero attached hydrogens (tertiary/aromatic N) is 3. The molecule has 5 heterocycles. The van der Waals surface area contributed by atoms with Crippen molar-refractivity contribution in [3.8, 4) is 11.1 Å². The fraction of sp³-hybridized carbons (Fsp3) is 0.321. The smallest absolute Gasteiger partial charge is 0.126 e. The zero-order chi connectivity index (χ0) is 21.5. The van der Waals surface area contributed by atoms with Gasteiger partial charge in [-0.3, -0.25) is 4.90 Å². The first-order valence-corrected chi connectivity index (χ1v) is 11.8. The number of hydrogen-bond acceptors (Lipinski definition) is 3. The summed E-state index contributed by atoms with van der Waals surface area (Å²) >= 11 is 0. The van der Waals surface area contributed by atoms with E-state index in [4.69, 9.17) is 4.98 Å². The standard InChI is InChI=1S/C28H30N4/c1-20-28(22-11-14-31(20)15-12-22)30-27-10-8-25(18-29-27)23-7-9-26-24(17-23)13-16-32(26)19-21-5-3-2-4-6-21/h2-10,13,16-18,20,22,28H,11-12,14-15,19H2,1H3,(H,29,30). The monoisotopic (exact) mass is 422 g/mol. The molecule has 4 nitrogen and oxygen atoms in total. The number of rotatable bonds is 5. The quantitative estimate of drug-likeness (QED) is 0.451. The number of aromatic nitrogens is 2. The van der Waals surface area contributed by atoms with Gasteiger partial charge in [0, 0.05) is 47.5 Å². The number of pyridine rings is 1. The van der Waals surface area contributed by atoms with Crippen LogP contribution in [-0.4, -0.2) is 39.6 Å². The minimum absolute atomic E-state index is 0.511. The van der Waals surface area contributed by atoms with Crippen molar-refractivity contribution in [3.05, 3.63) is 84.7 Å². The molecule has 3 aliphatic rings. The van der Waals surface area contributed by atoms with Gasteiger partial charge in [0.25, 0.3) is 0 Å². The van der Waals surface area contributed by atoms with Crippen LogP contribution in [0.5, 0.6) is 0 Å². The maximum atomic E-state index is 4.77. The number of hydrogen-bond donors (Lipinski definition) is 1. The summed E-state index contributed by atoms with van der Waals surface area (Å²) in [7, 11) is 0. The molecule has 2 aromatic carbocycles. The van der Waals surface area contributed by atoms with Crippen LogP contribution in [0.15, 0.2) is 79.1 Å². The van der Waals surface area contributed by atoms with Gasteiger partial charge in [-0.1, -0.05) is 36.4 Å². The van der Waals surface area contributed by atoms with E-state index in [9.17, 15) is 0 Å². The Labute approximate surface area is 189 Å². The second-order valence-electron chi connectivity index (χ2n) is 9.42. The van der Waals surface area contributed by atoms with Crippen LogP contribution < -0.4 is 5.32 Å². The molecule has 0 spiro atoms. The predicted octanol–water partition coefficient (Wildman–Crippen LogP) is 5.65. The Kier molecular flexibility index (Phi) is 4.95. The third-order valence-electron chi connectivity index (χ3n) is 7.56. The summed E-state index contributed by atoms with van der Waals surface area (Å²) in [4.78, 5) is 7.39. The van der Waals surface area contributed by atoms with Crippen molar-refractivity contribution in [2.75, 3.05) is 18.4 Å². The van der Waals surface area contributed by atoms with E-state index >= 15 is 0 Å². The van der Waals surface area contributed by atoms with E-state index in [0.29, 0.717) is 12.1 Å². The van der Waals surface area contributed by atoms with Gasteiger partial charge in [-0.05, 0) is 80.2 Å². The van der Waals surface area contributed by atoms with Gasteiger partial charge in [0.1, 0.15) is 5.82 Å². The molecule has 0 aliphatic carbocycles. The van der Waals surface area contributed by atoms with Gasteiger partial charge in [-0.15, -0.1) is 0 Å². The molecule has 4 aromatic rings. The van der Waals surface area contributed by atoms with Crippen LogP contribution in [0.3, 0.4) is 0 Å². The fourth-order valence-corrected chi connectivity index (χ4v) is 5.66. The van der Waals surface area contributed by atoms with Crippen molar-refractivity contribution in [1.29, 1.82) is 0 Å². The van der Waals surface area contributed by atoms with Crippen molar-refractivity contribution in [3.63, 3.8) is 0 Å². The first-order chi connectivity index (χ1) is 15.7. The maximum absolute atomic E-state index is 4.77. The van der Waals surface area contributed by atoms with Gasteiger partial charge in [0.2, 0.25) is 0 Å². The molecule has 3 aliphatic heterocycles. The largest absolute Gasteiger partial charge is 0.365 e. The average molecular weight is 423 g/mol. The second kappa shape index (κ2) is 8.10. The van der Waals surface area contributed by atoms with Crippen LogP contribution in [-0.2, 0) is 6.54 Å². The molecule has 1 N–H and O–H groups in total. The molecule has 0 saturated carbocycles. The molecule has 7 rings (SSSR count). The molecule has 0 amide bonds. The minimum atomic E-state index is 0.511. The summed E-state index contributed by atoms with van der Waals surface area (Å²) in [6.07, 6.45) is 6.81. The van der Waals surface area contributed by atoms with E-state index < -0.39 is 0 Å². The molecule has 3 fully saturated rings. The van der Waals surface area contributed by atoms with Gasteiger partial charge in [0.05, 0.1) is 0 Å². The van der Waals surface area contributed by atoms with E-state index in [1.165, 1.54) is 48.0 Å². The Hall–Kier alpha value is -3.11. The molecule has 4 heteroatoms. The number of piperidine rings is 3. The van der Waals surface area contributed by atoms with E-state index in [2.05, 4.69) is 94.6 Å². The zero-order valence-corrected chi connectivity index (χ0v) is 18.6. The van der Waals surface area contributed by atoms with Crippen molar-refractivity contribution in [2.45, 2.75) is 38.4 Å². The molecule has 32 heavy (non-hydrogen) atoms. The third kappa shape index (κ3) is 3.59. The Morgan fingerprint density at radius 2 is 1.75 bits per heavy atom. The van der Waals surface area contributed by atoms with Gasteiger partial charge in [0.15, 0.2) is 0 Å². The Bertz CT molecular complexity index is 1200. The van der Waals surface area contributed by atoms with Crippen molar-refractivity contribution < 1.29 is 0 Å². The molecule has 2 unspecified atom stereocenters.